The number of nitrogens with zero attached hydrogens (tertiary/aromatic N) is 3. The number of nitrogens with two attached hydrogens (primary N) is 1. The maximum Gasteiger partial charge on any atom is 0.189 e. The number of nitrogens with one attached hydrogen (secondary N) is 1. The highest BCUT2D eigenvalue weighted by Crippen LogP contribution is 2.19. The Balaban J connectivity index is 0.00000261. The van der Waals surface area contributed by atoms with Crippen LogP contribution in [0.15, 0.2) is 72.0 Å². The number of hydrogen-bond donors (Lipinski definition) is 2. The van der Waals surface area contributed by atoms with E-state index >= 15 is 0 Å². The van der Waals surface area contributed by atoms with E-state index in [0.717, 1.165) is 11.1 Å². The van der Waals surface area contributed by atoms with Crippen molar-refractivity contribution in [2.45, 2.75) is 19.5 Å². The van der Waals surface area contributed by atoms with Crippen molar-refractivity contribution in [3.05, 3.63) is 88.7 Å². The van der Waals surface area contributed by atoms with Gasteiger partial charge < -0.3 is 11.1 Å². The summed E-state index contributed by atoms with van der Waals surface area (Å²) in [5.41, 5.74) is 9.49. The predicted octanol–water partition coefficient (Wildman–Crippen LogP) is 4.12. The summed E-state index contributed by atoms with van der Waals surface area (Å²) in [7, 11) is 0. The van der Waals surface area contributed by atoms with Gasteiger partial charge in [-0.15, -0.1) is 17.0 Å². The van der Waals surface area contributed by atoms with Gasteiger partial charge in [0.05, 0.1) is 12.6 Å². The first kappa shape index (κ1) is 21.0. The van der Waals surface area contributed by atoms with Crippen molar-refractivity contribution < 1.29 is 0 Å². The molecule has 1 heterocycles. The van der Waals surface area contributed by atoms with Crippen LogP contribution in [0.3, 0.4) is 0 Å². The summed E-state index contributed by atoms with van der Waals surface area (Å²) in [6, 6.07) is 17.9. The molecular weight excluding hydrogens is 426 g/mol. The van der Waals surface area contributed by atoms with Crippen LogP contribution in [0.4, 0.5) is 0 Å². The molecule has 27 heavy (non-hydrogen) atoms. The van der Waals surface area contributed by atoms with Gasteiger partial charge >= 0.3 is 0 Å². The zero-order chi connectivity index (χ0) is 18.4. The fourth-order valence-electron chi connectivity index (χ4n) is 2.64. The molecule has 0 saturated heterocycles. The van der Waals surface area contributed by atoms with E-state index in [1.807, 2.05) is 41.2 Å². The van der Waals surface area contributed by atoms with E-state index in [4.69, 9.17) is 17.3 Å². The summed E-state index contributed by atoms with van der Waals surface area (Å²) in [6.07, 6.45) is 3.69. The standard InChI is InChI=1S/C20H22ClN5.BrH/c1-15-3-5-16(6-4-15)13-23-20(22)24-14-19(26-12-2-11-25-26)17-7-9-18(21)10-8-17;/h2-12,19H,13-14H2,1H3,(H3,22,23,24);1H. The molecule has 2 aromatic carbocycles. The molecule has 0 fully saturated rings. The van der Waals surface area contributed by atoms with Crippen LogP contribution in [0.1, 0.15) is 22.7 Å². The number of halogens is 2. The molecule has 0 spiro atoms. The monoisotopic (exact) mass is 447 g/mol. The molecule has 0 amide bonds. The van der Waals surface area contributed by atoms with Crippen LogP contribution in [-0.2, 0) is 6.54 Å². The number of benzene rings is 2. The molecule has 0 aliphatic rings. The topological polar surface area (TPSA) is 68.2 Å². The third-order valence-electron chi connectivity index (χ3n) is 4.13. The van der Waals surface area contributed by atoms with E-state index in [1.165, 1.54) is 5.56 Å². The number of aliphatic imine (C=N–C) groups is 1. The van der Waals surface area contributed by atoms with Crippen molar-refractivity contribution in [1.82, 2.24) is 15.1 Å². The number of aromatic nitrogens is 2. The fraction of sp³-hybridized carbons (Fsp3) is 0.200. The van der Waals surface area contributed by atoms with E-state index < -0.39 is 0 Å². The Morgan fingerprint density at radius 1 is 1.19 bits per heavy atom. The maximum atomic E-state index is 6.04. The van der Waals surface area contributed by atoms with Crippen molar-refractivity contribution >= 4 is 34.5 Å². The van der Waals surface area contributed by atoms with Crippen LogP contribution in [0.25, 0.3) is 0 Å². The summed E-state index contributed by atoms with van der Waals surface area (Å²) < 4.78 is 1.89. The maximum absolute atomic E-state index is 6.04. The molecule has 0 aliphatic heterocycles. The Hall–Kier alpha value is -2.31. The van der Waals surface area contributed by atoms with Crippen LogP contribution in [0, 0.1) is 6.92 Å². The first-order valence-electron chi connectivity index (χ1n) is 8.46. The van der Waals surface area contributed by atoms with Crippen LogP contribution < -0.4 is 11.1 Å². The normalized spacial score (nSPS) is 12.3. The van der Waals surface area contributed by atoms with Crippen molar-refractivity contribution in [3.63, 3.8) is 0 Å². The zero-order valence-corrected chi connectivity index (χ0v) is 17.5. The van der Waals surface area contributed by atoms with Gasteiger partial charge in [0.1, 0.15) is 0 Å². The van der Waals surface area contributed by atoms with Gasteiger partial charge in [0, 0.05) is 24.0 Å². The predicted molar refractivity (Wildman–Crippen MR) is 117 cm³/mol. The third-order valence-corrected chi connectivity index (χ3v) is 4.38. The van der Waals surface area contributed by atoms with Crippen molar-refractivity contribution in [2.75, 3.05) is 6.54 Å². The molecule has 1 unspecified atom stereocenters. The Kier molecular flexibility index (Phi) is 7.88. The molecule has 7 heteroatoms. The number of guanidine groups is 1. The first-order chi connectivity index (χ1) is 12.6. The smallest absolute Gasteiger partial charge is 0.189 e. The molecule has 3 aromatic rings. The second-order valence-corrected chi connectivity index (χ2v) is 6.56. The summed E-state index contributed by atoms with van der Waals surface area (Å²) in [5.74, 6) is 0.414. The first-order valence-corrected chi connectivity index (χ1v) is 8.83. The largest absolute Gasteiger partial charge is 0.370 e. The molecule has 3 N–H and O–H groups in total. The van der Waals surface area contributed by atoms with Crippen molar-refractivity contribution in [1.29, 1.82) is 0 Å². The molecule has 142 valence electrons. The summed E-state index contributed by atoms with van der Waals surface area (Å²) >= 11 is 6.00. The average Bonchev–Trinajstić information content (AvgIpc) is 3.17. The number of hydrogen-bond acceptors (Lipinski definition) is 2. The van der Waals surface area contributed by atoms with E-state index in [-0.39, 0.29) is 23.0 Å². The van der Waals surface area contributed by atoms with Gasteiger partial charge in [0.15, 0.2) is 5.96 Å². The van der Waals surface area contributed by atoms with Crippen LogP contribution in [-0.4, -0.2) is 22.3 Å². The molecule has 0 radical (unpaired) electrons. The molecule has 0 bridgehead atoms. The highest BCUT2D eigenvalue weighted by Gasteiger charge is 2.14. The van der Waals surface area contributed by atoms with E-state index in [2.05, 4.69) is 46.6 Å². The van der Waals surface area contributed by atoms with Crippen molar-refractivity contribution in [2.24, 2.45) is 10.7 Å². The lowest BCUT2D eigenvalue weighted by Gasteiger charge is -2.19. The molecule has 0 saturated carbocycles. The molecule has 1 atom stereocenters. The molecule has 3 rings (SSSR count). The van der Waals surface area contributed by atoms with Gasteiger partial charge in [-0.2, -0.15) is 5.10 Å². The minimum Gasteiger partial charge on any atom is -0.370 e. The summed E-state index contributed by atoms with van der Waals surface area (Å²) in [6.45, 7) is 3.19. The van der Waals surface area contributed by atoms with Crippen LogP contribution >= 0.6 is 28.6 Å². The number of rotatable bonds is 6. The molecule has 5 nitrogen and oxygen atoms in total. The summed E-state index contributed by atoms with van der Waals surface area (Å²) in [4.78, 5) is 4.42. The van der Waals surface area contributed by atoms with Gasteiger partial charge in [-0.1, -0.05) is 53.6 Å². The van der Waals surface area contributed by atoms with Gasteiger partial charge in [0.2, 0.25) is 0 Å². The minimum absolute atomic E-state index is 0. The lowest BCUT2D eigenvalue weighted by atomic mass is 10.1. The average molecular weight is 449 g/mol. The highest BCUT2D eigenvalue weighted by molar-refractivity contribution is 8.93. The SMILES string of the molecule is Br.Cc1ccc(CN=C(N)NCC(c2ccc(Cl)cc2)n2cccn2)cc1. The van der Waals surface area contributed by atoms with Gasteiger partial charge in [-0.3, -0.25) is 4.68 Å². The summed E-state index contributed by atoms with van der Waals surface area (Å²) in [5, 5.41) is 8.27. The molecular formula is C20H23BrClN5. The second-order valence-electron chi connectivity index (χ2n) is 6.12. The molecule has 0 aliphatic carbocycles. The third kappa shape index (κ3) is 6.12. The van der Waals surface area contributed by atoms with E-state index in [0.29, 0.717) is 24.1 Å². The zero-order valence-electron chi connectivity index (χ0n) is 15.0. The fourth-order valence-corrected chi connectivity index (χ4v) is 2.77. The molecule has 1 aromatic heterocycles. The Morgan fingerprint density at radius 2 is 1.89 bits per heavy atom. The van der Waals surface area contributed by atoms with Gasteiger partial charge in [-0.25, -0.2) is 4.99 Å². The van der Waals surface area contributed by atoms with Crippen LogP contribution in [0.2, 0.25) is 5.02 Å². The number of aryl methyl sites for hydroxylation is 1. The highest BCUT2D eigenvalue weighted by atomic mass is 79.9. The Bertz CT molecular complexity index is 845. The lowest BCUT2D eigenvalue weighted by molar-refractivity contribution is 0.513. The minimum atomic E-state index is -0.00427. The van der Waals surface area contributed by atoms with Crippen LogP contribution in [0.5, 0.6) is 0 Å². The Labute approximate surface area is 175 Å². The van der Waals surface area contributed by atoms with E-state index in [1.54, 1.807) is 6.20 Å². The Morgan fingerprint density at radius 3 is 2.52 bits per heavy atom. The lowest BCUT2D eigenvalue weighted by Crippen LogP contribution is -2.36. The van der Waals surface area contributed by atoms with E-state index in [9.17, 15) is 0 Å². The van der Waals surface area contributed by atoms with Crippen molar-refractivity contribution in [3.8, 4) is 0 Å². The quantitative estimate of drug-likeness (QED) is 0.440. The van der Waals surface area contributed by atoms with Gasteiger partial charge in [-0.05, 0) is 36.2 Å². The second kappa shape index (κ2) is 10.1. The van der Waals surface area contributed by atoms with Gasteiger partial charge in [0.25, 0.3) is 0 Å².